The van der Waals surface area contributed by atoms with Gasteiger partial charge in [0.1, 0.15) is 0 Å². The van der Waals surface area contributed by atoms with Gasteiger partial charge < -0.3 is 21.1 Å². The minimum Gasteiger partial charge on any atom is -0.481 e. The molecule has 9 nitrogen and oxygen atoms in total. The molecule has 106 valence electrons. The number of nitrogens with zero attached hydrogens (tertiary/aromatic N) is 4. The normalized spacial score (nSPS) is 10.2. The second kappa shape index (κ2) is 6.83. The van der Waals surface area contributed by atoms with Gasteiger partial charge in [0.15, 0.2) is 5.16 Å². The molecule has 0 bridgehead atoms. The molecule has 1 rings (SSSR count). The lowest BCUT2D eigenvalue weighted by Gasteiger charge is -2.13. The van der Waals surface area contributed by atoms with Crippen LogP contribution in [-0.2, 0) is 11.3 Å². The highest BCUT2D eigenvalue weighted by molar-refractivity contribution is 7.99. The lowest BCUT2D eigenvalue weighted by atomic mass is 10.6. The Labute approximate surface area is 114 Å². The second-order valence-electron chi connectivity index (χ2n) is 3.80. The molecule has 19 heavy (non-hydrogen) atoms. The van der Waals surface area contributed by atoms with E-state index >= 15 is 0 Å². The Balaban J connectivity index is 2.55. The number of carbonyl (C=O) groups excluding carboxylic acids is 1. The maximum absolute atomic E-state index is 11.3. The van der Waals surface area contributed by atoms with Crippen molar-refractivity contribution in [1.29, 1.82) is 0 Å². The van der Waals surface area contributed by atoms with Crippen molar-refractivity contribution in [3.63, 3.8) is 0 Å². The summed E-state index contributed by atoms with van der Waals surface area (Å²) in [6.07, 6.45) is 0. The number of nitrogens with two attached hydrogens (primary N) is 1. The molecule has 0 aromatic carbocycles. The van der Waals surface area contributed by atoms with E-state index in [0.29, 0.717) is 18.2 Å². The number of thioether (sulfide) groups is 1. The number of amides is 2. The smallest absolute Gasteiger partial charge is 0.316 e. The first-order valence-electron chi connectivity index (χ1n) is 5.40. The zero-order valence-corrected chi connectivity index (χ0v) is 11.5. The maximum Gasteiger partial charge on any atom is 0.316 e. The van der Waals surface area contributed by atoms with Crippen molar-refractivity contribution in [1.82, 2.24) is 25.0 Å². The van der Waals surface area contributed by atoms with Gasteiger partial charge in [-0.25, -0.2) is 4.79 Å². The van der Waals surface area contributed by atoms with Gasteiger partial charge in [-0.1, -0.05) is 11.8 Å². The van der Waals surface area contributed by atoms with Crippen LogP contribution in [0.5, 0.6) is 0 Å². The molecule has 10 heteroatoms. The largest absolute Gasteiger partial charge is 0.481 e. The summed E-state index contributed by atoms with van der Waals surface area (Å²) >= 11 is 1.03. The SMILES string of the molecule is CN(C)C(=O)NCCn1c(N)nnc1SCC(=O)O. The van der Waals surface area contributed by atoms with Crippen LogP contribution in [0.3, 0.4) is 0 Å². The summed E-state index contributed by atoms with van der Waals surface area (Å²) in [4.78, 5) is 23.2. The van der Waals surface area contributed by atoms with E-state index in [-0.39, 0.29) is 17.7 Å². The van der Waals surface area contributed by atoms with Gasteiger partial charge in [-0.3, -0.25) is 9.36 Å². The molecular weight excluding hydrogens is 272 g/mol. The molecule has 2 amide bonds. The van der Waals surface area contributed by atoms with Crippen LogP contribution in [-0.4, -0.2) is 63.2 Å². The summed E-state index contributed by atoms with van der Waals surface area (Å²) in [6, 6.07) is -0.216. The van der Waals surface area contributed by atoms with Crippen molar-refractivity contribution in [3.8, 4) is 0 Å². The van der Waals surface area contributed by atoms with Gasteiger partial charge in [-0.05, 0) is 0 Å². The van der Waals surface area contributed by atoms with Crippen LogP contribution >= 0.6 is 11.8 Å². The average molecular weight is 288 g/mol. The molecule has 0 spiro atoms. The monoisotopic (exact) mass is 288 g/mol. The Morgan fingerprint density at radius 3 is 2.74 bits per heavy atom. The topological polar surface area (TPSA) is 126 Å². The molecule has 0 aliphatic carbocycles. The predicted molar refractivity (Wildman–Crippen MR) is 69.9 cm³/mol. The van der Waals surface area contributed by atoms with Crippen LogP contribution < -0.4 is 11.1 Å². The van der Waals surface area contributed by atoms with Gasteiger partial charge >= 0.3 is 12.0 Å². The number of nitrogens with one attached hydrogen (secondary N) is 1. The molecule has 1 aromatic rings. The van der Waals surface area contributed by atoms with E-state index in [1.165, 1.54) is 4.90 Å². The summed E-state index contributed by atoms with van der Waals surface area (Å²) < 4.78 is 1.56. The second-order valence-corrected chi connectivity index (χ2v) is 4.74. The van der Waals surface area contributed by atoms with E-state index in [9.17, 15) is 9.59 Å². The minimum absolute atomic E-state index is 0.123. The molecule has 0 saturated carbocycles. The molecule has 0 aliphatic rings. The van der Waals surface area contributed by atoms with Crippen LogP contribution in [0.25, 0.3) is 0 Å². The molecule has 4 N–H and O–H groups in total. The third kappa shape index (κ3) is 4.66. The number of hydrogen-bond donors (Lipinski definition) is 3. The zero-order chi connectivity index (χ0) is 14.4. The van der Waals surface area contributed by atoms with Crippen LogP contribution in [0.4, 0.5) is 10.7 Å². The predicted octanol–water partition coefficient (Wildman–Crippen LogP) is -0.692. The number of anilines is 1. The summed E-state index contributed by atoms with van der Waals surface area (Å²) in [7, 11) is 3.27. The third-order valence-electron chi connectivity index (χ3n) is 2.09. The van der Waals surface area contributed by atoms with Crippen LogP contribution in [0.1, 0.15) is 0 Å². The fourth-order valence-electron chi connectivity index (χ4n) is 1.18. The van der Waals surface area contributed by atoms with Crippen LogP contribution in [0.2, 0.25) is 0 Å². The summed E-state index contributed by atoms with van der Waals surface area (Å²) in [5.74, 6) is -0.881. The van der Waals surface area contributed by atoms with Gasteiger partial charge in [0.25, 0.3) is 0 Å². The van der Waals surface area contributed by atoms with E-state index in [1.807, 2.05) is 0 Å². The Bertz CT molecular complexity index is 461. The third-order valence-corrected chi connectivity index (χ3v) is 3.04. The summed E-state index contributed by atoms with van der Waals surface area (Å²) in [5.41, 5.74) is 5.63. The van der Waals surface area contributed by atoms with Crippen molar-refractivity contribution in [2.24, 2.45) is 0 Å². The average Bonchev–Trinajstić information content (AvgIpc) is 2.68. The van der Waals surface area contributed by atoms with Crippen LogP contribution in [0, 0.1) is 0 Å². The van der Waals surface area contributed by atoms with Gasteiger partial charge in [0.2, 0.25) is 5.95 Å². The number of rotatable bonds is 6. The van der Waals surface area contributed by atoms with E-state index in [2.05, 4.69) is 15.5 Å². The molecule has 0 fully saturated rings. The highest BCUT2D eigenvalue weighted by Gasteiger charge is 2.12. The van der Waals surface area contributed by atoms with Gasteiger partial charge in [-0.2, -0.15) is 0 Å². The zero-order valence-electron chi connectivity index (χ0n) is 10.7. The number of aromatic nitrogens is 3. The number of aliphatic carboxylic acids is 1. The standard InChI is InChI=1S/C9H16N6O3S/c1-14(2)8(18)11-3-4-15-7(10)12-13-9(15)19-5-6(16)17/h3-5H2,1-2H3,(H2,10,12)(H,11,18)(H,16,17). The molecule has 0 saturated heterocycles. The number of hydrogen-bond acceptors (Lipinski definition) is 6. The molecule has 0 atom stereocenters. The number of carbonyl (C=O) groups is 2. The first-order valence-corrected chi connectivity index (χ1v) is 6.38. The van der Waals surface area contributed by atoms with Crippen molar-refractivity contribution < 1.29 is 14.7 Å². The molecular formula is C9H16N6O3S. The highest BCUT2D eigenvalue weighted by Crippen LogP contribution is 2.17. The van der Waals surface area contributed by atoms with Gasteiger partial charge in [0.05, 0.1) is 5.75 Å². The fourth-order valence-corrected chi connectivity index (χ4v) is 1.87. The first kappa shape index (κ1) is 15.1. The van der Waals surface area contributed by atoms with Crippen molar-refractivity contribution >= 4 is 29.7 Å². The van der Waals surface area contributed by atoms with E-state index < -0.39 is 5.97 Å². The summed E-state index contributed by atoms with van der Waals surface area (Å²) in [5, 5.41) is 19.2. The molecule has 0 radical (unpaired) electrons. The maximum atomic E-state index is 11.3. The Hall–Kier alpha value is -1.97. The van der Waals surface area contributed by atoms with Gasteiger partial charge in [-0.15, -0.1) is 10.2 Å². The lowest BCUT2D eigenvalue weighted by molar-refractivity contribution is -0.133. The lowest BCUT2D eigenvalue weighted by Crippen LogP contribution is -2.36. The number of nitrogen functional groups attached to an aromatic ring is 1. The Morgan fingerprint density at radius 1 is 1.47 bits per heavy atom. The van der Waals surface area contributed by atoms with E-state index in [1.54, 1.807) is 18.7 Å². The van der Waals surface area contributed by atoms with Crippen molar-refractivity contribution in [2.45, 2.75) is 11.7 Å². The minimum atomic E-state index is -0.945. The van der Waals surface area contributed by atoms with Crippen molar-refractivity contribution in [3.05, 3.63) is 0 Å². The van der Waals surface area contributed by atoms with E-state index in [0.717, 1.165) is 11.8 Å². The summed E-state index contributed by atoms with van der Waals surface area (Å²) in [6.45, 7) is 0.722. The number of carboxylic acid groups (broad SMARTS) is 1. The first-order chi connectivity index (χ1) is 8.91. The number of urea groups is 1. The van der Waals surface area contributed by atoms with E-state index in [4.69, 9.17) is 10.8 Å². The molecule has 1 aromatic heterocycles. The fraction of sp³-hybridized carbons (Fsp3) is 0.556. The highest BCUT2D eigenvalue weighted by atomic mass is 32.2. The number of carboxylic acids is 1. The quantitative estimate of drug-likeness (QED) is 0.591. The Kier molecular flexibility index (Phi) is 5.42. The molecule has 0 unspecified atom stereocenters. The van der Waals surface area contributed by atoms with Crippen molar-refractivity contribution in [2.75, 3.05) is 32.1 Å². The molecule has 0 aliphatic heterocycles. The van der Waals surface area contributed by atoms with Crippen LogP contribution in [0.15, 0.2) is 5.16 Å². The molecule has 1 heterocycles. The Morgan fingerprint density at radius 2 is 2.16 bits per heavy atom. The van der Waals surface area contributed by atoms with Gasteiger partial charge in [0, 0.05) is 27.2 Å².